The molecule has 122 valence electrons. The fourth-order valence-electron chi connectivity index (χ4n) is 1.78. The fourth-order valence-corrected chi connectivity index (χ4v) is 2.33. The molecule has 0 radical (unpaired) electrons. The van der Waals surface area contributed by atoms with Crippen molar-refractivity contribution < 1.29 is 14.6 Å². The Bertz CT molecular complexity index is 678. The van der Waals surface area contributed by atoms with Crippen molar-refractivity contribution in [3.05, 3.63) is 51.5 Å². The van der Waals surface area contributed by atoms with Crippen LogP contribution in [0.4, 0.5) is 5.69 Å². The van der Waals surface area contributed by atoms with Crippen molar-refractivity contribution in [2.75, 3.05) is 25.7 Å². The molecule has 0 bridgehead atoms. The molecule has 2 aromatic rings. The maximum absolute atomic E-state index is 8.84. The van der Waals surface area contributed by atoms with Gasteiger partial charge in [-0.2, -0.15) is 5.10 Å². The summed E-state index contributed by atoms with van der Waals surface area (Å²) in [6, 6.07) is 10.8. The lowest BCUT2D eigenvalue weighted by Crippen LogP contribution is -2.03. The van der Waals surface area contributed by atoms with Crippen LogP contribution >= 0.6 is 27.5 Å². The Morgan fingerprint density at radius 2 is 2.00 bits per heavy atom. The van der Waals surface area contributed by atoms with Crippen LogP contribution in [0, 0.1) is 0 Å². The highest BCUT2D eigenvalue weighted by atomic mass is 79.9. The van der Waals surface area contributed by atoms with E-state index >= 15 is 0 Å². The molecule has 0 spiro atoms. The van der Waals surface area contributed by atoms with Gasteiger partial charge < -0.3 is 14.6 Å². The summed E-state index contributed by atoms with van der Waals surface area (Å²) < 4.78 is 11.5. The molecule has 2 N–H and O–H groups in total. The zero-order valence-corrected chi connectivity index (χ0v) is 14.8. The summed E-state index contributed by atoms with van der Waals surface area (Å²) in [6.45, 7) is 0.142. The number of aliphatic hydroxyl groups excluding tert-OH is 1. The summed E-state index contributed by atoms with van der Waals surface area (Å²) >= 11 is 9.30. The van der Waals surface area contributed by atoms with Gasteiger partial charge in [0.05, 0.1) is 25.6 Å². The average Bonchev–Trinajstić information content (AvgIpc) is 2.56. The van der Waals surface area contributed by atoms with Gasteiger partial charge in [-0.05, 0) is 52.3 Å². The molecule has 0 saturated carbocycles. The van der Waals surface area contributed by atoms with Gasteiger partial charge in [0.25, 0.3) is 0 Å². The van der Waals surface area contributed by atoms with E-state index in [9.17, 15) is 0 Å². The Labute approximate surface area is 148 Å². The second-order valence-electron chi connectivity index (χ2n) is 4.47. The second kappa shape index (κ2) is 8.76. The van der Waals surface area contributed by atoms with Gasteiger partial charge in [0, 0.05) is 15.1 Å². The molecule has 0 unspecified atom stereocenters. The molecular weight excluding hydrogens is 384 g/mol. The third kappa shape index (κ3) is 5.13. The number of benzene rings is 2. The molecule has 0 heterocycles. The van der Waals surface area contributed by atoms with Crippen LogP contribution in [-0.2, 0) is 0 Å². The molecule has 7 heteroatoms. The van der Waals surface area contributed by atoms with E-state index in [4.69, 9.17) is 26.2 Å². The highest BCUT2D eigenvalue weighted by molar-refractivity contribution is 9.10. The van der Waals surface area contributed by atoms with Crippen LogP contribution in [0.25, 0.3) is 0 Å². The Balaban J connectivity index is 2.12. The molecule has 0 aliphatic heterocycles. The van der Waals surface area contributed by atoms with Crippen LogP contribution < -0.4 is 14.9 Å². The average molecular weight is 400 g/mol. The van der Waals surface area contributed by atoms with E-state index in [2.05, 4.69) is 26.5 Å². The molecule has 2 aromatic carbocycles. The maximum Gasteiger partial charge on any atom is 0.162 e. The number of nitrogens with zero attached hydrogens (tertiary/aromatic N) is 1. The van der Waals surface area contributed by atoms with Gasteiger partial charge in [-0.15, -0.1) is 0 Å². The van der Waals surface area contributed by atoms with Crippen LogP contribution in [-0.4, -0.2) is 31.6 Å². The Kier molecular flexibility index (Phi) is 6.70. The normalized spacial score (nSPS) is 10.8. The number of aliphatic hydroxyl groups is 1. The van der Waals surface area contributed by atoms with Gasteiger partial charge in [0.1, 0.15) is 6.61 Å². The standard InChI is InChI=1S/C16H16BrClN2O3/c1-22-15-8-11(14(17)9-16(15)23-7-6-21)10-19-20-13-4-2-12(18)3-5-13/h2-5,8-10,20-21H,6-7H2,1H3. The van der Waals surface area contributed by atoms with Crippen molar-refractivity contribution in [3.8, 4) is 11.5 Å². The van der Waals surface area contributed by atoms with E-state index in [1.807, 2.05) is 12.1 Å². The SMILES string of the molecule is COc1cc(C=NNc2ccc(Cl)cc2)c(Br)cc1OCCO. The molecule has 0 amide bonds. The topological polar surface area (TPSA) is 63.1 Å². The van der Waals surface area contributed by atoms with Gasteiger partial charge in [-0.1, -0.05) is 11.6 Å². The molecule has 0 aromatic heterocycles. The predicted octanol–water partition coefficient (Wildman–Crippen LogP) is 3.93. The molecule has 2 rings (SSSR count). The molecule has 0 aliphatic rings. The monoisotopic (exact) mass is 398 g/mol. The minimum atomic E-state index is -0.0605. The van der Waals surface area contributed by atoms with Crippen molar-refractivity contribution in [2.24, 2.45) is 5.10 Å². The molecule has 23 heavy (non-hydrogen) atoms. The van der Waals surface area contributed by atoms with Crippen LogP contribution in [0.2, 0.25) is 5.02 Å². The van der Waals surface area contributed by atoms with E-state index in [1.165, 1.54) is 0 Å². The molecule has 0 fully saturated rings. The largest absolute Gasteiger partial charge is 0.493 e. The first-order valence-corrected chi connectivity index (χ1v) is 7.97. The molecule has 0 atom stereocenters. The minimum absolute atomic E-state index is 0.0605. The van der Waals surface area contributed by atoms with Gasteiger partial charge in [-0.25, -0.2) is 0 Å². The number of methoxy groups -OCH3 is 1. The summed E-state index contributed by atoms with van der Waals surface area (Å²) in [5.74, 6) is 1.12. The highest BCUT2D eigenvalue weighted by Crippen LogP contribution is 2.32. The number of ether oxygens (including phenoxy) is 2. The first-order valence-electron chi connectivity index (χ1n) is 6.80. The van der Waals surface area contributed by atoms with Crippen LogP contribution in [0.3, 0.4) is 0 Å². The van der Waals surface area contributed by atoms with E-state index in [-0.39, 0.29) is 13.2 Å². The number of rotatable bonds is 7. The molecule has 0 saturated heterocycles. The van der Waals surface area contributed by atoms with Gasteiger partial charge >= 0.3 is 0 Å². The van der Waals surface area contributed by atoms with E-state index in [0.29, 0.717) is 16.5 Å². The zero-order valence-electron chi connectivity index (χ0n) is 12.4. The molecule has 0 aliphatic carbocycles. The highest BCUT2D eigenvalue weighted by Gasteiger charge is 2.09. The number of hydrogen-bond acceptors (Lipinski definition) is 5. The van der Waals surface area contributed by atoms with Gasteiger partial charge in [0.15, 0.2) is 11.5 Å². The van der Waals surface area contributed by atoms with Crippen molar-refractivity contribution in [2.45, 2.75) is 0 Å². The number of hydrazone groups is 1. The van der Waals surface area contributed by atoms with Crippen LogP contribution in [0.5, 0.6) is 11.5 Å². The first kappa shape index (κ1) is 17.6. The van der Waals surface area contributed by atoms with Crippen LogP contribution in [0.15, 0.2) is 46.0 Å². The van der Waals surface area contributed by atoms with Crippen molar-refractivity contribution in [3.63, 3.8) is 0 Å². The van der Waals surface area contributed by atoms with Crippen molar-refractivity contribution >= 4 is 39.4 Å². The number of anilines is 1. The summed E-state index contributed by atoms with van der Waals surface area (Å²) in [6.07, 6.45) is 1.66. The summed E-state index contributed by atoms with van der Waals surface area (Å²) in [7, 11) is 1.56. The van der Waals surface area contributed by atoms with Crippen molar-refractivity contribution in [1.29, 1.82) is 0 Å². The van der Waals surface area contributed by atoms with Gasteiger partial charge in [-0.3, -0.25) is 5.43 Å². The fraction of sp³-hybridized carbons (Fsp3) is 0.188. The third-order valence-corrected chi connectivity index (χ3v) is 3.81. The van der Waals surface area contributed by atoms with E-state index in [1.54, 1.807) is 37.6 Å². The Morgan fingerprint density at radius 1 is 1.26 bits per heavy atom. The Hall–Kier alpha value is -1.76. The predicted molar refractivity (Wildman–Crippen MR) is 95.9 cm³/mol. The second-order valence-corrected chi connectivity index (χ2v) is 5.76. The van der Waals surface area contributed by atoms with E-state index in [0.717, 1.165) is 15.7 Å². The van der Waals surface area contributed by atoms with E-state index < -0.39 is 0 Å². The number of nitrogens with one attached hydrogen (secondary N) is 1. The summed E-state index contributed by atoms with van der Waals surface area (Å²) in [4.78, 5) is 0. The Morgan fingerprint density at radius 3 is 2.65 bits per heavy atom. The van der Waals surface area contributed by atoms with Gasteiger partial charge in [0.2, 0.25) is 0 Å². The van der Waals surface area contributed by atoms with Crippen molar-refractivity contribution in [1.82, 2.24) is 0 Å². The summed E-state index contributed by atoms with van der Waals surface area (Å²) in [5.41, 5.74) is 4.57. The molecular formula is C16H16BrClN2O3. The smallest absolute Gasteiger partial charge is 0.162 e. The summed E-state index contributed by atoms with van der Waals surface area (Å²) in [5, 5.41) is 13.7. The third-order valence-electron chi connectivity index (χ3n) is 2.87. The maximum atomic E-state index is 8.84. The quantitative estimate of drug-likeness (QED) is 0.547. The number of hydrogen-bond donors (Lipinski definition) is 2. The lowest BCUT2D eigenvalue weighted by molar-refractivity contribution is 0.196. The lowest BCUT2D eigenvalue weighted by atomic mass is 10.2. The zero-order chi connectivity index (χ0) is 16.7. The lowest BCUT2D eigenvalue weighted by Gasteiger charge is -2.11. The molecule has 5 nitrogen and oxygen atoms in total. The number of halogens is 2. The minimum Gasteiger partial charge on any atom is -0.493 e. The van der Waals surface area contributed by atoms with Crippen LogP contribution in [0.1, 0.15) is 5.56 Å². The first-order chi connectivity index (χ1) is 11.1.